The molecule has 0 fully saturated rings. The molecule has 0 aliphatic rings. The van der Waals surface area contributed by atoms with Gasteiger partial charge in [-0.3, -0.25) is 5.43 Å². The van der Waals surface area contributed by atoms with Gasteiger partial charge in [-0.05, 0) is 36.4 Å². The quantitative estimate of drug-likeness (QED) is 0.232. The fraction of sp³-hybridized carbons (Fsp3) is 0. The summed E-state index contributed by atoms with van der Waals surface area (Å²) < 4.78 is 0. The van der Waals surface area contributed by atoms with E-state index in [4.69, 9.17) is 51.7 Å². The summed E-state index contributed by atoms with van der Waals surface area (Å²) in [6.45, 7) is 0. The number of hydrogen-bond donors (Lipinski definition) is 1. The number of nitriles is 1. The van der Waals surface area contributed by atoms with E-state index in [0.29, 0.717) is 31.5 Å². The SMILES string of the molecule is N#CC(/N=N/c1ccc(Cl)c(Cl)c1)=N\Nc1ccc(Cl)c(Cl)c1.[NaH]. The molecule has 2 aromatic rings. The predicted molar refractivity (Wildman–Crippen MR) is 101 cm³/mol. The third-order valence-electron chi connectivity index (χ3n) is 2.47. The molecule has 0 unspecified atom stereocenters. The molecule has 0 aliphatic carbocycles. The van der Waals surface area contributed by atoms with Crippen LogP contribution in [0.5, 0.6) is 0 Å². The van der Waals surface area contributed by atoms with Crippen LogP contribution in [0.25, 0.3) is 0 Å². The number of amidine groups is 1. The minimum absolute atomic E-state index is 0. The summed E-state index contributed by atoms with van der Waals surface area (Å²) in [5, 5.41) is 22.0. The molecule has 0 amide bonds. The van der Waals surface area contributed by atoms with Crippen molar-refractivity contribution >= 4 is 93.2 Å². The van der Waals surface area contributed by atoms with Gasteiger partial charge >= 0.3 is 29.6 Å². The average Bonchev–Trinajstić information content (AvgIpc) is 2.54. The Kier molecular flexibility index (Phi) is 9.03. The van der Waals surface area contributed by atoms with Crippen LogP contribution in [0, 0.1) is 11.3 Å². The van der Waals surface area contributed by atoms with Crippen molar-refractivity contribution in [2.24, 2.45) is 15.3 Å². The second kappa shape index (κ2) is 10.2. The molecule has 0 aliphatic heterocycles. The van der Waals surface area contributed by atoms with Gasteiger partial charge in [-0.1, -0.05) is 46.4 Å². The van der Waals surface area contributed by atoms with E-state index in [0.717, 1.165) is 0 Å². The second-order valence-electron chi connectivity index (χ2n) is 4.09. The van der Waals surface area contributed by atoms with Crippen LogP contribution in [0.1, 0.15) is 0 Å². The van der Waals surface area contributed by atoms with Crippen molar-refractivity contribution in [3.63, 3.8) is 0 Å². The zero-order valence-electron chi connectivity index (χ0n) is 11.3. The number of rotatable bonds is 3. The molecule has 0 radical (unpaired) electrons. The molecule has 0 bridgehead atoms. The van der Waals surface area contributed by atoms with Gasteiger partial charge in [-0.25, -0.2) is 0 Å². The average molecular weight is 411 g/mol. The van der Waals surface area contributed by atoms with E-state index in [9.17, 15) is 0 Å². The molecular formula is C14H8Cl4N5Na. The summed E-state index contributed by atoms with van der Waals surface area (Å²) >= 11 is 23.4. The van der Waals surface area contributed by atoms with Gasteiger partial charge in [0.15, 0.2) is 0 Å². The van der Waals surface area contributed by atoms with Crippen LogP contribution in [-0.4, -0.2) is 35.4 Å². The van der Waals surface area contributed by atoms with Crippen molar-refractivity contribution in [3.05, 3.63) is 56.5 Å². The molecule has 5 nitrogen and oxygen atoms in total. The fourth-order valence-corrected chi connectivity index (χ4v) is 2.00. The molecule has 1 N–H and O–H groups in total. The van der Waals surface area contributed by atoms with E-state index in [1.807, 2.05) is 0 Å². The van der Waals surface area contributed by atoms with E-state index in [-0.39, 0.29) is 35.4 Å². The molecule has 2 aromatic carbocycles. The predicted octanol–water partition coefficient (Wildman–Crippen LogP) is 5.68. The number of hydrogen-bond acceptors (Lipinski definition) is 4. The van der Waals surface area contributed by atoms with Crippen LogP contribution in [0.15, 0.2) is 51.7 Å². The third kappa shape index (κ3) is 6.23. The molecule has 0 saturated heterocycles. The molecule has 0 aromatic heterocycles. The summed E-state index contributed by atoms with van der Waals surface area (Å²) in [7, 11) is 0. The number of halogens is 4. The maximum absolute atomic E-state index is 9.01. The Morgan fingerprint density at radius 1 is 0.917 bits per heavy atom. The molecular weight excluding hydrogens is 403 g/mol. The van der Waals surface area contributed by atoms with Gasteiger partial charge in [-0.15, -0.1) is 15.3 Å². The summed E-state index contributed by atoms with van der Waals surface area (Å²) in [6.07, 6.45) is 0. The molecule has 2 rings (SSSR count). The fourth-order valence-electron chi connectivity index (χ4n) is 1.41. The number of nitrogens with zero attached hydrogens (tertiary/aromatic N) is 4. The number of hydrazone groups is 1. The van der Waals surface area contributed by atoms with Crippen molar-refractivity contribution in [2.45, 2.75) is 0 Å². The maximum atomic E-state index is 9.01. The van der Waals surface area contributed by atoms with Crippen molar-refractivity contribution in [1.82, 2.24) is 0 Å². The van der Waals surface area contributed by atoms with Crippen molar-refractivity contribution in [1.29, 1.82) is 5.26 Å². The van der Waals surface area contributed by atoms with Crippen molar-refractivity contribution < 1.29 is 0 Å². The number of anilines is 1. The molecule has 24 heavy (non-hydrogen) atoms. The standard InChI is InChI=1S/C14H7Cl4N5.Na.H/c15-10-3-1-8(5-12(10)17)20-22-14(7-19)23-21-9-2-4-11(16)13(18)6-9;;/h1-6,20H;;/b22-14+,23-21+;;. The van der Waals surface area contributed by atoms with E-state index in [1.54, 1.807) is 36.4 Å². The van der Waals surface area contributed by atoms with Crippen LogP contribution in [0.3, 0.4) is 0 Å². The van der Waals surface area contributed by atoms with Gasteiger partial charge in [0.05, 0.1) is 31.5 Å². The van der Waals surface area contributed by atoms with Crippen LogP contribution in [-0.2, 0) is 0 Å². The Balaban J connectivity index is 0.00000288. The van der Waals surface area contributed by atoms with Crippen LogP contribution in [0.4, 0.5) is 11.4 Å². The Bertz CT molecular complexity index is 832. The van der Waals surface area contributed by atoms with Gasteiger partial charge in [0.1, 0.15) is 6.07 Å². The Morgan fingerprint density at radius 3 is 2.12 bits per heavy atom. The summed E-state index contributed by atoms with van der Waals surface area (Å²) in [4.78, 5) is 0. The number of nitrogens with one attached hydrogen (secondary N) is 1. The number of azo groups is 1. The zero-order valence-corrected chi connectivity index (χ0v) is 14.3. The van der Waals surface area contributed by atoms with Crippen LogP contribution < -0.4 is 5.43 Å². The first-order chi connectivity index (χ1) is 11.0. The van der Waals surface area contributed by atoms with Crippen molar-refractivity contribution in [2.75, 3.05) is 5.43 Å². The van der Waals surface area contributed by atoms with E-state index in [2.05, 4.69) is 20.8 Å². The molecule has 0 atom stereocenters. The Hall–Kier alpha value is -0.840. The van der Waals surface area contributed by atoms with Gasteiger partial charge in [0.2, 0.25) is 0 Å². The van der Waals surface area contributed by atoms with Crippen LogP contribution in [0.2, 0.25) is 20.1 Å². The Labute approximate surface area is 180 Å². The first-order valence-corrected chi connectivity index (χ1v) is 7.56. The first-order valence-electron chi connectivity index (χ1n) is 6.05. The normalized spacial score (nSPS) is 11.0. The second-order valence-corrected chi connectivity index (χ2v) is 5.72. The molecule has 10 heteroatoms. The first kappa shape index (κ1) is 21.2. The molecule has 0 spiro atoms. The van der Waals surface area contributed by atoms with Crippen LogP contribution >= 0.6 is 46.4 Å². The molecule has 0 heterocycles. The monoisotopic (exact) mass is 409 g/mol. The van der Waals surface area contributed by atoms with E-state index < -0.39 is 0 Å². The molecule has 118 valence electrons. The summed E-state index contributed by atoms with van der Waals surface area (Å²) in [5.41, 5.74) is 3.64. The summed E-state index contributed by atoms with van der Waals surface area (Å²) in [5.74, 6) is -0.179. The van der Waals surface area contributed by atoms with Gasteiger partial charge in [-0.2, -0.15) is 5.26 Å². The topological polar surface area (TPSA) is 72.9 Å². The molecule has 0 saturated carbocycles. The van der Waals surface area contributed by atoms with Crippen molar-refractivity contribution in [3.8, 4) is 6.07 Å². The van der Waals surface area contributed by atoms with E-state index >= 15 is 0 Å². The third-order valence-corrected chi connectivity index (χ3v) is 3.95. The Morgan fingerprint density at radius 2 is 1.54 bits per heavy atom. The number of benzene rings is 2. The van der Waals surface area contributed by atoms with E-state index in [1.165, 1.54) is 6.07 Å². The van der Waals surface area contributed by atoms with Gasteiger partial charge in [0, 0.05) is 0 Å². The van der Waals surface area contributed by atoms with Gasteiger partial charge < -0.3 is 0 Å². The zero-order chi connectivity index (χ0) is 16.8. The summed E-state index contributed by atoms with van der Waals surface area (Å²) in [6, 6.07) is 11.3. The minimum atomic E-state index is -0.179. The van der Waals surface area contributed by atoms with Gasteiger partial charge in [0.25, 0.3) is 5.84 Å².